The van der Waals surface area contributed by atoms with Gasteiger partial charge in [-0.15, -0.1) is 0 Å². The largest absolute Gasteiger partial charge is 0.443 e. The van der Waals surface area contributed by atoms with Gasteiger partial charge in [-0.3, -0.25) is 9.69 Å². The third kappa shape index (κ3) is 3.50. The molecule has 5 nitrogen and oxygen atoms in total. The van der Waals surface area contributed by atoms with Gasteiger partial charge < -0.3 is 9.72 Å². The predicted octanol–water partition coefficient (Wildman–Crippen LogP) is 2.75. The highest BCUT2D eigenvalue weighted by molar-refractivity contribution is 5.82. The van der Waals surface area contributed by atoms with E-state index in [1.807, 2.05) is 26.8 Å². The van der Waals surface area contributed by atoms with Crippen molar-refractivity contribution in [3.05, 3.63) is 40.3 Å². The van der Waals surface area contributed by atoms with Gasteiger partial charge in [0.05, 0.1) is 5.70 Å². The van der Waals surface area contributed by atoms with Crippen LogP contribution in [0.25, 0.3) is 5.70 Å². The molecule has 0 aromatic carbocycles. The Hall–Kier alpha value is -2.04. The average Bonchev–Trinajstić information content (AvgIpc) is 2.37. The highest BCUT2D eigenvalue weighted by Gasteiger charge is 2.26. The zero-order valence-corrected chi connectivity index (χ0v) is 12.1. The van der Waals surface area contributed by atoms with Crippen LogP contribution in [-0.2, 0) is 4.74 Å². The van der Waals surface area contributed by atoms with Crippen LogP contribution in [0.15, 0.2) is 29.2 Å². The summed E-state index contributed by atoms with van der Waals surface area (Å²) in [5.41, 5.74) is 0.766. The Bertz CT molecular complexity index is 581. The number of hydrogen-bond acceptors (Lipinski definition) is 3. The Morgan fingerprint density at radius 3 is 2.80 bits per heavy atom. The van der Waals surface area contributed by atoms with Crippen molar-refractivity contribution < 1.29 is 9.53 Å². The molecule has 0 fully saturated rings. The van der Waals surface area contributed by atoms with Crippen LogP contribution < -0.4 is 5.56 Å². The lowest BCUT2D eigenvalue weighted by molar-refractivity contribution is 0.0347. The molecule has 0 radical (unpaired) electrons. The molecule has 1 aromatic rings. The number of rotatable bonds is 1. The molecular formula is C15H20N2O3. The molecule has 1 aromatic heterocycles. The lowest BCUT2D eigenvalue weighted by atomic mass is 10.1. The molecular weight excluding hydrogens is 256 g/mol. The van der Waals surface area contributed by atoms with Crippen LogP contribution in [0, 0.1) is 0 Å². The minimum atomic E-state index is -0.534. The Labute approximate surface area is 118 Å². The SMILES string of the molecule is CC(C)(C)OC(=O)N1CCCC=C1c1cc[nH]c(=O)c1. The molecule has 20 heavy (non-hydrogen) atoms. The number of carbonyl (C=O) groups excluding carboxylic acids is 1. The third-order valence-electron chi connectivity index (χ3n) is 2.90. The lowest BCUT2D eigenvalue weighted by Crippen LogP contribution is -2.37. The van der Waals surface area contributed by atoms with E-state index in [2.05, 4.69) is 4.98 Å². The molecule has 2 heterocycles. The van der Waals surface area contributed by atoms with Gasteiger partial charge in [0.2, 0.25) is 5.56 Å². The number of pyridine rings is 1. The summed E-state index contributed by atoms with van der Waals surface area (Å²) in [4.78, 5) is 27.9. The first-order chi connectivity index (χ1) is 9.37. The number of carbonyl (C=O) groups is 1. The second kappa shape index (κ2) is 5.53. The molecule has 0 saturated carbocycles. The van der Waals surface area contributed by atoms with Crippen LogP contribution in [0.4, 0.5) is 4.79 Å². The summed E-state index contributed by atoms with van der Waals surface area (Å²) in [5.74, 6) is 0. The Morgan fingerprint density at radius 1 is 1.40 bits per heavy atom. The fourth-order valence-corrected chi connectivity index (χ4v) is 2.10. The first kappa shape index (κ1) is 14.4. The number of nitrogens with one attached hydrogen (secondary N) is 1. The van der Waals surface area contributed by atoms with Crippen molar-refractivity contribution in [3.8, 4) is 0 Å². The molecule has 0 unspecified atom stereocenters. The van der Waals surface area contributed by atoms with Crippen molar-refractivity contribution in [2.24, 2.45) is 0 Å². The molecule has 1 N–H and O–H groups in total. The summed E-state index contributed by atoms with van der Waals surface area (Å²) >= 11 is 0. The minimum absolute atomic E-state index is 0.182. The standard InChI is InChI=1S/C15H20N2O3/c1-15(2,3)20-14(19)17-9-5-4-6-12(17)11-7-8-16-13(18)10-11/h6-8,10H,4-5,9H2,1-3H3,(H,16,18). The number of H-pyrrole nitrogens is 1. The maximum atomic E-state index is 12.3. The zero-order chi connectivity index (χ0) is 14.8. The van der Waals surface area contributed by atoms with Crippen molar-refractivity contribution in [2.45, 2.75) is 39.2 Å². The molecule has 0 aliphatic carbocycles. The van der Waals surface area contributed by atoms with E-state index in [0.717, 1.165) is 24.1 Å². The maximum Gasteiger partial charge on any atom is 0.414 e. The average molecular weight is 276 g/mol. The topological polar surface area (TPSA) is 62.4 Å². The summed E-state index contributed by atoms with van der Waals surface area (Å²) in [6.45, 7) is 6.12. The van der Waals surface area contributed by atoms with E-state index in [4.69, 9.17) is 4.74 Å². The van der Waals surface area contributed by atoms with Gasteiger partial charge in [-0.2, -0.15) is 0 Å². The molecule has 1 amide bonds. The predicted molar refractivity (Wildman–Crippen MR) is 77.2 cm³/mol. The second-order valence-electron chi connectivity index (χ2n) is 5.81. The molecule has 0 spiro atoms. The van der Waals surface area contributed by atoms with E-state index < -0.39 is 5.60 Å². The van der Waals surface area contributed by atoms with Crippen LogP contribution in [0.2, 0.25) is 0 Å². The van der Waals surface area contributed by atoms with Crippen LogP contribution in [0.1, 0.15) is 39.2 Å². The molecule has 0 saturated heterocycles. The number of nitrogens with zero attached hydrogens (tertiary/aromatic N) is 1. The normalized spacial score (nSPS) is 15.8. The minimum Gasteiger partial charge on any atom is -0.443 e. The van der Waals surface area contributed by atoms with Crippen molar-refractivity contribution in [1.82, 2.24) is 9.88 Å². The van der Waals surface area contributed by atoms with Gasteiger partial charge >= 0.3 is 6.09 Å². The number of aromatic nitrogens is 1. The van der Waals surface area contributed by atoms with E-state index in [1.54, 1.807) is 17.2 Å². The Balaban J connectivity index is 2.28. The number of amides is 1. The summed E-state index contributed by atoms with van der Waals surface area (Å²) < 4.78 is 5.42. The van der Waals surface area contributed by atoms with Gasteiger partial charge in [0.25, 0.3) is 0 Å². The fourth-order valence-electron chi connectivity index (χ4n) is 2.10. The first-order valence-corrected chi connectivity index (χ1v) is 6.76. The molecule has 0 bridgehead atoms. The van der Waals surface area contributed by atoms with E-state index in [0.29, 0.717) is 6.54 Å². The van der Waals surface area contributed by atoms with Crippen molar-refractivity contribution in [3.63, 3.8) is 0 Å². The van der Waals surface area contributed by atoms with Gasteiger partial charge in [-0.25, -0.2) is 4.79 Å². The van der Waals surface area contributed by atoms with Crippen LogP contribution in [0.3, 0.4) is 0 Å². The third-order valence-corrected chi connectivity index (χ3v) is 2.90. The molecule has 0 atom stereocenters. The number of aromatic amines is 1. The quantitative estimate of drug-likeness (QED) is 0.858. The summed E-state index contributed by atoms with van der Waals surface area (Å²) in [7, 11) is 0. The highest BCUT2D eigenvalue weighted by atomic mass is 16.6. The van der Waals surface area contributed by atoms with Gasteiger partial charge in [0.15, 0.2) is 0 Å². The molecule has 2 rings (SSSR count). The van der Waals surface area contributed by atoms with Crippen molar-refractivity contribution in [1.29, 1.82) is 0 Å². The highest BCUT2D eigenvalue weighted by Crippen LogP contribution is 2.25. The first-order valence-electron chi connectivity index (χ1n) is 6.76. The van der Waals surface area contributed by atoms with E-state index in [1.165, 1.54) is 6.07 Å². The zero-order valence-electron chi connectivity index (χ0n) is 12.1. The molecule has 108 valence electrons. The maximum absolute atomic E-state index is 12.3. The lowest BCUT2D eigenvalue weighted by Gasteiger charge is -2.31. The van der Waals surface area contributed by atoms with Gasteiger partial charge in [0, 0.05) is 24.4 Å². The second-order valence-corrected chi connectivity index (χ2v) is 5.81. The van der Waals surface area contributed by atoms with Crippen LogP contribution in [-0.4, -0.2) is 28.1 Å². The van der Waals surface area contributed by atoms with Crippen molar-refractivity contribution >= 4 is 11.8 Å². The molecule has 1 aliphatic heterocycles. The van der Waals surface area contributed by atoms with E-state index in [-0.39, 0.29) is 11.7 Å². The van der Waals surface area contributed by atoms with E-state index in [9.17, 15) is 9.59 Å². The van der Waals surface area contributed by atoms with Crippen molar-refractivity contribution in [2.75, 3.05) is 6.54 Å². The number of ether oxygens (including phenoxy) is 1. The van der Waals surface area contributed by atoms with Crippen LogP contribution >= 0.6 is 0 Å². The van der Waals surface area contributed by atoms with Gasteiger partial charge in [-0.05, 0) is 39.7 Å². The summed E-state index contributed by atoms with van der Waals surface area (Å²) in [6, 6.07) is 3.28. The molecule has 5 heteroatoms. The molecule has 1 aliphatic rings. The monoisotopic (exact) mass is 276 g/mol. The van der Waals surface area contributed by atoms with Gasteiger partial charge in [-0.1, -0.05) is 6.08 Å². The number of allylic oxidation sites excluding steroid dienone is 1. The fraction of sp³-hybridized carbons (Fsp3) is 0.467. The van der Waals surface area contributed by atoms with Crippen LogP contribution in [0.5, 0.6) is 0 Å². The summed E-state index contributed by atoms with van der Waals surface area (Å²) in [5, 5.41) is 0. The summed E-state index contributed by atoms with van der Waals surface area (Å²) in [6.07, 6.45) is 4.97. The Kier molecular flexibility index (Phi) is 3.97. The van der Waals surface area contributed by atoms with E-state index >= 15 is 0 Å². The van der Waals surface area contributed by atoms with Gasteiger partial charge in [0.1, 0.15) is 5.60 Å². The Morgan fingerprint density at radius 2 is 2.15 bits per heavy atom. The smallest absolute Gasteiger partial charge is 0.414 e. The number of hydrogen-bond donors (Lipinski definition) is 1.